The zero-order valence-electron chi connectivity index (χ0n) is 23.1. The number of benzene rings is 2. The van der Waals surface area contributed by atoms with Crippen molar-refractivity contribution in [3.05, 3.63) is 71.8 Å². The van der Waals surface area contributed by atoms with Crippen LogP contribution in [0.2, 0.25) is 0 Å². The van der Waals surface area contributed by atoms with E-state index in [1.165, 1.54) is 0 Å². The van der Waals surface area contributed by atoms with E-state index in [9.17, 15) is 19.2 Å². The minimum Gasteiger partial charge on any atom is -0.393 e. The first-order valence-electron chi connectivity index (χ1n) is 13.4. The van der Waals surface area contributed by atoms with Gasteiger partial charge in [-0.1, -0.05) is 102 Å². The van der Waals surface area contributed by atoms with E-state index in [0.29, 0.717) is 6.42 Å². The van der Waals surface area contributed by atoms with Crippen molar-refractivity contribution in [3.63, 3.8) is 0 Å². The molecule has 0 radical (unpaired) electrons. The maximum atomic E-state index is 13.3. The summed E-state index contributed by atoms with van der Waals surface area (Å²) in [5.74, 6) is -5.84. The van der Waals surface area contributed by atoms with Crippen molar-refractivity contribution in [2.75, 3.05) is 0 Å². The van der Waals surface area contributed by atoms with E-state index in [4.69, 9.17) is 9.47 Å². The Morgan fingerprint density at radius 1 is 0.632 bits per heavy atom. The van der Waals surface area contributed by atoms with Crippen molar-refractivity contribution in [2.45, 2.75) is 66.2 Å². The van der Waals surface area contributed by atoms with Gasteiger partial charge in [0.15, 0.2) is 0 Å². The average molecular weight is 519 g/mol. The topological polar surface area (TPSA) is 86.7 Å². The highest BCUT2D eigenvalue weighted by Crippen LogP contribution is 2.51. The lowest BCUT2D eigenvalue weighted by molar-refractivity contribution is -0.156. The molecule has 2 aromatic carbocycles. The van der Waals surface area contributed by atoms with Gasteiger partial charge in [-0.25, -0.2) is 0 Å². The first-order chi connectivity index (χ1) is 17.8. The third-order valence-electron chi connectivity index (χ3n) is 7.87. The predicted octanol–water partition coefficient (Wildman–Crippen LogP) is 6.06. The second kappa shape index (κ2) is 10.5. The molecule has 0 saturated carbocycles. The van der Waals surface area contributed by atoms with Crippen LogP contribution in [-0.4, -0.2) is 23.9 Å². The largest absolute Gasteiger partial charge is 0.393 e. The Labute approximate surface area is 225 Å². The van der Waals surface area contributed by atoms with E-state index in [1.807, 2.05) is 81.4 Å². The van der Waals surface area contributed by atoms with Crippen LogP contribution in [0.4, 0.5) is 0 Å². The summed E-state index contributed by atoms with van der Waals surface area (Å²) >= 11 is 0. The lowest BCUT2D eigenvalue weighted by Crippen LogP contribution is -2.36. The van der Waals surface area contributed by atoms with Crippen LogP contribution in [-0.2, 0) is 28.7 Å². The highest BCUT2D eigenvalue weighted by atomic mass is 16.6. The molecule has 6 nitrogen and oxygen atoms in total. The molecule has 4 rings (SSSR count). The molecule has 2 heterocycles. The second-order valence-electron chi connectivity index (χ2n) is 13.0. The van der Waals surface area contributed by atoms with Gasteiger partial charge in [-0.05, 0) is 40.7 Å². The molecule has 6 atom stereocenters. The highest BCUT2D eigenvalue weighted by molar-refractivity contribution is 5.98. The number of carbonyl (C=O) groups excluding carboxylic acids is 4. The van der Waals surface area contributed by atoms with Crippen molar-refractivity contribution < 1.29 is 28.7 Å². The first-order valence-corrected chi connectivity index (χ1v) is 13.4. The molecule has 0 bridgehead atoms. The van der Waals surface area contributed by atoms with E-state index < -0.39 is 53.5 Å². The summed E-state index contributed by atoms with van der Waals surface area (Å²) in [4.78, 5) is 52.6. The molecule has 2 aromatic rings. The predicted molar refractivity (Wildman–Crippen MR) is 143 cm³/mol. The monoisotopic (exact) mass is 518 g/mol. The maximum absolute atomic E-state index is 13.3. The molecular formula is C32H38O6. The Balaban J connectivity index is 1.78. The fourth-order valence-corrected chi connectivity index (χ4v) is 6.40. The number of ether oxygens (including phenoxy) is 2. The highest BCUT2D eigenvalue weighted by Gasteiger charge is 2.56. The quantitative estimate of drug-likeness (QED) is 0.327. The molecule has 0 aliphatic carbocycles. The first kappa shape index (κ1) is 27.7. The van der Waals surface area contributed by atoms with E-state index in [-0.39, 0.29) is 23.2 Å². The van der Waals surface area contributed by atoms with Gasteiger partial charge in [0.1, 0.15) is 0 Å². The van der Waals surface area contributed by atoms with E-state index >= 15 is 0 Å². The molecular weight excluding hydrogens is 480 g/mol. The van der Waals surface area contributed by atoms with E-state index in [2.05, 4.69) is 20.8 Å². The van der Waals surface area contributed by atoms with Crippen LogP contribution in [0, 0.1) is 34.5 Å². The smallest absolute Gasteiger partial charge is 0.318 e. The average Bonchev–Trinajstić information content (AvgIpc) is 3.25. The Bertz CT molecular complexity index is 1190. The van der Waals surface area contributed by atoms with Crippen molar-refractivity contribution >= 4 is 23.9 Å². The Morgan fingerprint density at radius 3 is 1.61 bits per heavy atom. The molecule has 2 aliphatic heterocycles. The minimum atomic E-state index is -0.768. The van der Waals surface area contributed by atoms with E-state index in [1.54, 1.807) is 0 Å². The summed E-state index contributed by atoms with van der Waals surface area (Å²) in [7, 11) is 0. The van der Waals surface area contributed by atoms with Crippen LogP contribution in [0.3, 0.4) is 0 Å². The Hall–Kier alpha value is -3.28. The van der Waals surface area contributed by atoms with Crippen molar-refractivity contribution in [1.29, 1.82) is 0 Å². The molecule has 202 valence electrons. The minimum absolute atomic E-state index is 0.201. The van der Waals surface area contributed by atoms with Crippen LogP contribution in [0.1, 0.15) is 77.3 Å². The number of hydrogen-bond donors (Lipinski definition) is 0. The normalized spacial score (nSPS) is 25.7. The zero-order chi connectivity index (χ0) is 27.8. The van der Waals surface area contributed by atoms with Crippen molar-refractivity contribution in [1.82, 2.24) is 0 Å². The summed E-state index contributed by atoms with van der Waals surface area (Å²) in [6.07, 6.45) is 0.671. The van der Waals surface area contributed by atoms with Crippen LogP contribution in [0.15, 0.2) is 60.7 Å². The molecule has 0 N–H and O–H groups in total. The molecule has 2 saturated heterocycles. The maximum Gasteiger partial charge on any atom is 0.318 e. The summed E-state index contributed by atoms with van der Waals surface area (Å²) in [5.41, 5.74) is 1.22. The lowest BCUT2D eigenvalue weighted by Gasteiger charge is -2.37. The summed E-state index contributed by atoms with van der Waals surface area (Å²) in [6, 6.07) is 19.2. The molecule has 0 amide bonds. The van der Waals surface area contributed by atoms with Crippen LogP contribution < -0.4 is 0 Å². The van der Waals surface area contributed by atoms with E-state index in [0.717, 1.165) is 11.1 Å². The van der Waals surface area contributed by atoms with Crippen LogP contribution in [0.25, 0.3) is 0 Å². The van der Waals surface area contributed by atoms with Gasteiger partial charge in [-0.15, -0.1) is 0 Å². The van der Waals surface area contributed by atoms with Gasteiger partial charge in [0, 0.05) is 5.92 Å². The molecule has 0 aromatic heterocycles. The van der Waals surface area contributed by atoms with Gasteiger partial charge in [0.05, 0.1) is 23.7 Å². The number of carbonyl (C=O) groups is 4. The summed E-state index contributed by atoms with van der Waals surface area (Å²) < 4.78 is 10.5. The molecule has 0 spiro atoms. The number of esters is 4. The fourth-order valence-electron chi connectivity index (χ4n) is 6.40. The molecule has 2 fully saturated rings. The molecule has 2 aliphatic rings. The zero-order valence-corrected chi connectivity index (χ0v) is 23.1. The lowest BCUT2D eigenvalue weighted by atomic mass is 9.63. The standard InChI is InChI=1S/C32H38O6/c1-31(2,3)18-23-24(29(35)38-28(23)34)21(19-13-9-7-10-14-19)17-22-25(30(36)37-27(22)33)26(32(4,5)6)20-15-11-8-12-16-20/h7-16,21-26H,17-18H2,1-6H3. The van der Waals surface area contributed by atoms with Gasteiger partial charge in [0.2, 0.25) is 0 Å². The number of rotatable bonds is 7. The molecule has 6 unspecified atom stereocenters. The molecule has 38 heavy (non-hydrogen) atoms. The number of cyclic esters (lactones) is 4. The summed E-state index contributed by atoms with van der Waals surface area (Å²) in [6.45, 7) is 12.2. The van der Waals surface area contributed by atoms with Crippen LogP contribution in [0.5, 0.6) is 0 Å². The van der Waals surface area contributed by atoms with Gasteiger partial charge < -0.3 is 9.47 Å². The fraction of sp³-hybridized carbons (Fsp3) is 0.500. The summed E-state index contributed by atoms with van der Waals surface area (Å²) in [5, 5.41) is 0. The van der Waals surface area contributed by atoms with Crippen LogP contribution >= 0.6 is 0 Å². The SMILES string of the molecule is CC(C)(C)CC1C(=O)OC(=O)C1C(CC1C(=O)OC(=O)C1C(c1ccccc1)C(C)(C)C)c1ccccc1. The Morgan fingerprint density at radius 2 is 1.11 bits per heavy atom. The van der Waals surface area contributed by atoms with Gasteiger partial charge >= 0.3 is 23.9 Å². The van der Waals surface area contributed by atoms with Crippen molar-refractivity contribution in [3.8, 4) is 0 Å². The number of hydrogen-bond acceptors (Lipinski definition) is 6. The van der Waals surface area contributed by atoms with Gasteiger partial charge in [-0.3, -0.25) is 19.2 Å². The van der Waals surface area contributed by atoms with Crippen molar-refractivity contribution in [2.24, 2.45) is 34.5 Å². The molecule has 6 heteroatoms. The Kier molecular flexibility index (Phi) is 7.64. The van der Waals surface area contributed by atoms with Gasteiger partial charge in [-0.2, -0.15) is 0 Å². The van der Waals surface area contributed by atoms with Gasteiger partial charge in [0.25, 0.3) is 0 Å². The third-order valence-corrected chi connectivity index (χ3v) is 7.87. The third kappa shape index (κ3) is 5.74. The second-order valence-corrected chi connectivity index (χ2v) is 13.0.